The Bertz CT molecular complexity index is 967. The smallest absolute Gasteiger partial charge is 0.257 e. The number of sulfonamides is 1. The first-order valence-corrected chi connectivity index (χ1v) is 12.3. The molecule has 2 aromatic carbocycles. The van der Waals surface area contributed by atoms with E-state index in [2.05, 4.69) is 10.2 Å². The van der Waals surface area contributed by atoms with Gasteiger partial charge in [0.25, 0.3) is 5.91 Å². The number of anilines is 2. The Labute approximate surface area is 177 Å². The molecule has 29 heavy (non-hydrogen) atoms. The van der Waals surface area contributed by atoms with Gasteiger partial charge >= 0.3 is 0 Å². The molecule has 3 rings (SSSR count). The lowest BCUT2D eigenvalue weighted by atomic mass is 10.1. The number of nitrogens with one attached hydrogen (secondary N) is 1. The van der Waals surface area contributed by atoms with E-state index in [-0.39, 0.29) is 10.8 Å². The summed E-state index contributed by atoms with van der Waals surface area (Å²) in [5.41, 5.74) is 1.84. The third kappa shape index (κ3) is 4.94. The van der Waals surface area contributed by atoms with Gasteiger partial charge in [-0.1, -0.05) is 0 Å². The van der Waals surface area contributed by atoms with E-state index < -0.39 is 10.0 Å². The van der Waals surface area contributed by atoms with Crippen LogP contribution in [0.25, 0.3) is 0 Å². The van der Waals surface area contributed by atoms with Crippen molar-refractivity contribution in [2.24, 2.45) is 0 Å². The molecule has 0 aromatic heterocycles. The zero-order valence-corrected chi connectivity index (χ0v) is 18.6. The summed E-state index contributed by atoms with van der Waals surface area (Å²) >= 11 is 1.63. The third-order valence-electron chi connectivity index (χ3n) is 5.04. The highest BCUT2D eigenvalue weighted by molar-refractivity contribution is 7.98. The quantitative estimate of drug-likeness (QED) is 0.700. The first-order chi connectivity index (χ1) is 13.8. The molecular formula is C21H27N3O3S2. The Hall–Kier alpha value is -2.03. The molecule has 1 amide bonds. The van der Waals surface area contributed by atoms with Gasteiger partial charge in [-0.3, -0.25) is 4.79 Å². The molecule has 1 aliphatic rings. The van der Waals surface area contributed by atoms with Crippen molar-refractivity contribution in [1.29, 1.82) is 0 Å². The topological polar surface area (TPSA) is 69.7 Å². The van der Waals surface area contributed by atoms with Crippen molar-refractivity contribution >= 4 is 39.1 Å². The lowest BCUT2D eigenvalue weighted by Crippen LogP contribution is -2.32. The molecule has 0 unspecified atom stereocenters. The summed E-state index contributed by atoms with van der Waals surface area (Å²) in [5, 5.41) is 2.91. The lowest BCUT2D eigenvalue weighted by Gasteiger charge is -2.30. The number of hydrogen-bond acceptors (Lipinski definition) is 5. The number of nitrogens with zero attached hydrogens (tertiary/aromatic N) is 2. The van der Waals surface area contributed by atoms with Gasteiger partial charge in [0.15, 0.2) is 0 Å². The number of carbonyl (C=O) groups excluding carboxylic acids is 1. The Morgan fingerprint density at radius 2 is 1.69 bits per heavy atom. The van der Waals surface area contributed by atoms with Gasteiger partial charge in [0.2, 0.25) is 10.0 Å². The van der Waals surface area contributed by atoms with Crippen LogP contribution in [0.2, 0.25) is 0 Å². The molecule has 1 saturated heterocycles. The number of hydrogen-bond donors (Lipinski definition) is 1. The fourth-order valence-corrected chi connectivity index (χ4v) is 4.69. The van der Waals surface area contributed by atoms with E-state index in [1.165, 1.54) is 26.6 Å². The van der Waals surface area contributed by atoms with Crippen LogP contribution in [0.3, 0.4) is 0 Å². The van der Waals surface area contributed by atoms with Crippen molar-refractivity contribution < 1.29 is 13.2 Å². The van der Waals surface area contributed by atoms with E-state index in [0.29, 0.717) is 11.3 Å². The summed E-state index contributed by atoms with van der Waals surface area (Å²) in [6, 6.07) is 12.4. The Balaban J connectivity index is 1.98. The molecule has 6 nitrogen and oxygen atoms in total. The first kappa shape index (κ1) is 21.7. The molecule has 1 heterocycles. The molecule has 0 saturated carbocycles. The number of rotatable bonds is 6. The van der Waals surface area contributed by atoms with Crippen molar-refractivity contribution in [2.75, 3.05) is 43.7 Å². The summed E-state index contributed by atoms with van der Waals surface area (Å²) < 4.78 is 26.4. The summed E-state index contributed by atoms with van der Waals surface area (Å²) in [6.07, 6.45) is 5.30. The van der Waals surface area contributed by atoms with Gasteiger partial charge in [0.05, 0.1) is 10.5 Å². The summed E-state index contributed by atoms with van der Waals surface area (Å²) in [5.74, 6) is -0.307. The normalized spacial score (nSPS) is 14.8. The van der Waals surface area contributed by atoms with E-state index in [1.807, 2.05) is 30.5 Å². The van der Waals surface area contributed by atoms with Crippen LogP contribution in [0.5, 0.6) is 0 Å². The maximum atomic E-state index is 13.1. The summed E-state index contributed by atoms with van der Waals surface area (Å²) in [4.78, 5) is 16.5. The maximum Gasteiger partial charge on any atom is 0.257 e. The van der Waals surface area contributed by atoms with Gasteiger partial charge < -0.3 is 10.2 Å². The molecule has 1 N–H and O–H groups in total. The predicted molar refractivity (Wildman–Crippen MR) is 120 cm³/mol. The minimum atomic E-state index is -3.63. The molecule has 0 aliphatic carbocycles. The standard InChI is InChI=1S/C21H27N3O3S2/c1-23(2)29(26,27)18-11-12-20(24-13-5-4-6-14-24)19(15-18)21(25)22-16-7-9-17(28-3)10-8-16/h7-12,15H,4-6,13-14H2,1-3H3,(H,22,25). The highest BCUT2D eigenvalue weighted by Gasteiger charge is 2.24. The molecule has 2 aromatic rings. The van der Waals surface area contributed by atoms with Crippen LogP contribution in [0.1, 0.15) is 29.6 Å². The number of thioether (sulfide) groups is 1. The number of benzene rings is 2. The molecule has 156 valence electrons. The third-order valence-corrected chi connectivity index (χ3v) is 7.59. The highest BCUT2D eigenvalue weighted by Crippen LogP contribution is 2.29. The van der Waals surface area contributed by atoms with Crippen molar-refractivity contribution in [3.05, 3.63) is 48.0 Å². The molecule has 0 bridgehead atoms. The minimum Gasteiger partial charge on any atom is -0.371 e. The van der Waals surface area contributed by atoms with Crippen LogP contribution in [0.4, 0.5) is 11.4 Å². The van der Waals surface area contributed by atoms with Crippen LogP contribution in [0, 0.1) is 0 Å². The maximum absolute atomic E-state index is 13.1. The number of amides is 1. The van der Waals surface area contributed by atoms with Crippen molar-refractivity contribution in [1.82, 2.24) is 4.31 Å². The number of carbonyl (C=O) groups is 1. The Morgan fingerprint density at radius 1 is 1.03 bits per heavy atom. The highest BCUT2D eigenvalue weighted by atomic mass is 32.2. The van der Waals surface area contributed by atoms with E-state index in [4.69, 9.17) is 0 Å². The van der Waals surface area contributed by atoms with Gasteiger partial charge in [-0.25, -0.2) is 12.7 Å². The van der Waals surface area contributed by atoms with Gasteiger partial charge in [-0.15, -0.1) is 11.8 Å². The van der Waals surface area contributed by atoms with Gasteiger partial charge in [0, 0.05) is 43.5 Å². The molecule has 0 spiro atoms. The zero-order valence-electron chi connectivity index (χ0n) is 17.0. The molecule has 1 aliphatic heterocycles. The second-order valence-electron chi connectivity index (χ2n) is 7.20. The minimum absolute atomic E-state index is 0.117. The molecular weight excluding hydrogens is 406 g/mol. The second kappa shape index (κ2) is 9.19. The summed E-state index contributed by atoms with van der Waals surface area (Å²) in [7, 11) is -0.656. The lowest BCUT2D eigenvalue weighted by molar-refractivity contribution is 0.102. The van der Waals surface area contributed by atoms with Crippen LogP contribution in [-0.4, -0.2) is 52.1 Å². The van der Waals surface area contributed by atoms with Crippen LogP contribution in [0.15, 0.2) is 52.3 Å². The number of piperidine rings is 1. The average molecular weight is 434 g/mol. The van der Waals surface area contributed by atoms with Gasteiger partial charge in [0.1, 0.15) is 0 Å². The van der Waals surface area contributed by atoms with Crippen molar-refractivity contribution in [3.8, 4) is 0 Å². The Morgan fingerprint density at radius 3 is 2.28 bits per heavy atom. The van der Waals surface area contributed by atoms with E-state index in [9.17, 15) is 13.2 Å². The van der Waals surface area contributed by atoms with Crippen LogP contribution >= 0.6 is 11.8 Å². The van der Waals surface area contributed by atoms with E-state index >= 15 is 0 Å². The monoisotopic (exact) mass is 433 g/mol. The molecule has 1 fully saturated rings. The summed E-state index contributed by atoms with van der Waals surface area (Å²) in [6.45, 7) is 1.73. The molecule has 0 radical (unpaired) electrons. The van der Waals surface area contributed by atoms with Crippen molar-refractivity contribution in [3.63, 3.8) is 0 Å². The van der Waals surface area contributed by atoms with Gasteiger partial charge in [-0.2, -0.15) is 0 Å². The van der Waals surface area contributed by atoms with Crippen LogP contribution in [-0.2, 0) is 10.0 Å². The molecule has 8 heteroatoms. The van der Waals surface area contributed by atoms with Crippen molar-refractivity contribution in [2.45, 2.75) is 29.1 Å². The van der Waals surface area contributed by atoms with Gasteiger partial charge in [-0.05, 0) is 68.0 Å². The van der Waals surface area contributed by atoms with Crippen LogP contribution < -0.4 is 10.2 Å². The van der Waals surface area contributed by atoms with E-state index in [0.717, 1.165) is 40.8 Å². The predicted octanol–water partition coefficient (Wildman–Crippen LogP) is 3.90. The SMILES string of the molecule is CSc1ccc(NC(=O)c2cc(S(=O)(=O)N(C)C)ccc2N2CCCCC2)cc1. The fraction of sp³-hybridized carbons (Fsp3) is 0.381. The average Bonchev–Trinajstić information content (AvgIpc) is 2.74. The Kier molecular flexibility index (Phi) is 6.87. The fourth-order valence-electron chi connectivity index (χ4n) is 3.35. The second-order valence-corrected chi connectivity index (χ2v) is 10.2. The van der Waals surface area contributed by atoms with E-state index in [1.54, 1.807) is 23.9 Å². The molecule has 0 atom stereocenters. The first-order valence-electron chi connectivity index (χ1n) is 9.60. The largest absolute Gasteiger partial charge is 0.371 e. The zero-order chi connectivity index (χ0) is 21.0.